The number of phenolic OH excluding ortho intramolecular Hbond substituents is 1. The molecule has 0 radical (unpaired) electrons. The number of ether oxygens (including phenoxy) is 1. The van der Waals surface area contributed by atoms with Crippen molar-refractivity contribution in [3.05, 3.63) is 54.1 Å². The molecule has 0 amide bonds. The maximum atomic E-state index is 13.5. The quantitative estimate of drug-likeness (QED) is 0.777. The van der Waals surface area contributed by atoms with Crippen LogP contribution in [-0.4, -0.2) is 17.2 Å². The first-order valence-corrected chi connectivity index (χ1v) is 6.22. The van der Waals surface area contributed by atoms with E-state index in [9.17, 15) is 13.9 Å². The third-order valence-corrected chi connectivity index (χ3v) is 3.20. The summed E-state index contributed by atoms with van der Waals surface area (Å²) in [7, 11) is 1.41. The van der Waals surface area contributed by atoms with Crippen LogP contribution < -0.4 is 4.74 Å². The summed E-state index contributed by atoms with van der Waals surface area (Å²) in [5.41, 5.74) is 1.02. The Morgan fingerprint density at radius 3 is 2.57 bits per heavy atom. The predicted octanol–water partition coefficient (Wildman–Crippen LogP) is 3.89. The summed E-state index contributed by atoms with van der Waals surface area (Å²) >= 11 is 0. The van der Waals surface area contributed by atoms with E-state index in [0.717, 1.165) is 11.5 Å². The summed E-state index contributed by atoms with van der Waals surface area (Å²) in [5.74, 6) is -2.25. The maximum absolute atomic E-state index is 13.5. The van der Waals surface area contributed by atoms with E-state index in [0.29, 0.717) is 17.1 Å². The Kier molecular flexibility index (Phi) is 3.17. The zero-order chi connectivity index (χ0) is 15.0. The molecule has 0 aliphatic carbocycles. The Balaban J connectivity index is 2.33. The Bertz CT molecular complexity index is 834. The number of benzene rings is 2. The number of methoxy groups -OCH3 is 1. The highest BCUT2D eigenvalue weighted by atomic mass is 19.1. The second-order valence-corrected chi connectivity index (χ2v) is 4.52. The lowest BCUT2D eigenvalue weighted by Gasteiger charge is -2.11. The second kappa shape index (κ2) is 5.01. The average Bonchev–Trinajstić information content (AvgIpc) is 2.49. The number of hydrogen-bond donors (Lipinski definition) is 1. The van der Waals surface area contributed by atoms with Crippen LogP contribution in [0.4, 0.5) is 8.78 Å². The first-order valence-electron chi connectivity index (χ1n) is 6.22. The molecule has 0 saturated carbocycles. The first-order chi connectivity index (χ1) is 10.1. The third kappa shape index (κ3) is 2.27. The van der Waals surface area contributed by atoms with Gasteiger partial charge in [-0.2, -0.15) is 0 Å². The van der Waals surface area contributed by atoms with Gasteiger partial charge in [-0.25, -0.2) is 13.8 Å². The number of pyridine rings is 1. The highest BCUT2D eigenvalue weighted by molar-refractivity contribution is 5.87. The highest BCUT2D eigenvalue weighted by Crippen LogP contribution is 2.38. The fraction of sp³-hybridized carbons (Fsp3) is 0.0625. The number of fused-ring (bicyclic) bond motifs is 1. The Morgan fingerprint density at radius 1 is 1.05 bits per heavy atom. The minimum absolute atomic E-state index is 0.00241. The lowest BCUT2D eigenvalue weighted by molar-refractivity contribution is 0.399. The number of nitrogens with zero attached hydrogens (tertiary/aromatic N) is 1. The van der Waals surface area contributed by atoms with Crippen LogP contribution in [0, 0.1) is 11.6 Å². The van der Waals surface area contributed by atoms with Crippen molar-refractivity contribution in [2.45, 2.75) is 0 Å². The van der Waals surface area contributed by atoms with E-state index >= 15 is 0 Å². The van der Waals surface area contributed by atoms with E-state index in [-0.39, 0.29) is 11.4 Å². The number of aromatic hydroxyl groups is 1. The SMILES string of the molecule is COc1nc2ccccc2cc1-c1cc(F)cc(F)c1O. The summed E-state index contributed by atoms with van der Waals surface area (Å²) in [5, 5.41) is 10.6. The molecule has 0 bridgehead atoms. The molecule has 0 saturated heterocycles. The molecule has 1 aromatic heterocycles. The smallest absolute Gasteiger partial charge is 0.221 e. The van der Waals surface area contributed by atoms with Crippen molar-refractivity contribution in [3.63, 3.8) is 0 Å². The minimum atomic E-state index is -1.03. The molecule has 0 unspecified atom stereocenters. The van der Waals surface area contributed by atoms with E-state index in [2.05, 4.69) is 4.98 Å². The van der Waals surface area contributed by atoms with Gasteiger partial charge in [0.25, 0.3) is 0 Å². The number of aromatic nitrogens is 1. The first kappa shape index (κ1) is 13.3. The van der Waals surface area contributed by atoms with Gasteiger partial charge < -0.3 is 9.84 Å². The van der Waals surface area contributed by atoms with Crippen LogP contribution in [0.2, 0.25) is 0 Å². The maximum Gasteiger partial charge on any atom is 0.221 e. The van der Waals surface area contributed by atoms with Gasteiger partial charge >= 0.3 is 0 Å². The molecule has 0 fully saturated rings. The zero-order valence-electron chi connectivity index (χ0n) is 11.1. The predicted molar refractivity (Wildman–Crippen MR) is 75.3 cm³/mol. The lowest BCUT2D eigenvalue weighted by atomic mass is 10.0. The molecular formula is C16H11F2NO2. The second-order valence-electron chi connectivity index (χ2n) is 4.52. The van der Waals surface area contributed by atoms with Crippen LogP contribution in [0.5, 0.6) is 11.6 Å². The summed E-state index contributed by atoms with van der Waals surface area (Å²) < 4.78 is 32.1. The van der Waals surface area contributed by atoms with Gasteiger partial charge in [0.05, 0.1) is 12.6 Å². The third-order valence-electron chi connectivity index (χ3n) is 3.20. The summed E-state index contributed by atoms with van der Waals surface area (Å²) in [4.78, 5) is 4.29. The molecule has 3 aromatic rings. The molecule has 1 N–H and O–H groups in total. The molecule has 0 aliphatic rings. The fourth-order valence-corrected chi connectivity index (χ4v) is 2.22. The normalized spacial score (nSPS) is 10.8. The molecule has 3 nitrogen and oxygen atoms in total. The van der Waals surface area contributed by atoms with Gasteiger partial charge in [0.15, 0.2) is 11.6 Å². The highest BCUT2D eigenvalue weighted by Gasteiger charge is 2.17. The van der Waals surface area contributed by atoms with E-state index < -0.39 is 17.4 Å². The summed E-state index contributed by atoms with van der Waals surface area (Å²) in [6, 6.07) is 10.6. The molecule has 3 rings (SSSR count). The lowest BCUT2D eigenvalue weighted by Crippen LogP contribution is -1.94. The van der Waals surface area contributed by atoms with Crippen LogP contribution in [-0.2, 0) is 0 Å². The van der Waals surface area contributed by atoms with Crippen LogP contribution in [0.15, 0.2) is 42.5 Å². The van der Waals surface area contributed by atoms with Gasteiger partial charge in [-0.05, 0) is 18.2 Å². The molecule has 0 aliphatic heterocycles. The zero-order valence-corrected chi connectivity index (χ0v) is 11.1. The summed E-state index contributed by atoms with van der Waals surface area (Å²) in [6.45, 7) is 0. The number of para-hydroxylation sites is 1. The Morgan fingerprint density at radius 2 is 1.81 bits per heavy atom. The van der Waals surface area contributed by atoms with Crippen molar-refractivity contribution < 1.29 is 18.6 Å². The number of halogens is 2. The van der Waals surface area contributed by atoms with Crippen LogP contribution in [0.1, 0.15) is 0 Å². The molecule has 0 atom stereocenters. The molecular weight excluding hydrogens is 276 g/mol. The van der Waals surface area contributed by atoms with E-state index in [1.165, 1.54) is 7.11 Å². The molecule has 0 spiro atoms. The fourth-order valence-electron chi connectivity index (χ4n) is 2.22. The monoisotopic (exact) mass is 287 g/mol. The molecule has 21 heavy (non-hydrogen) atoms. The Labute approximate surface area is 119 Å². The van der Waals surface area contributed by atoms with Crippen molar-refractivity contribution in [1.82, 2.24) is 4.98 Å². The van der Waals surface area contributed by atoms with Gasteiger partial charge in [0.2, 0.25) is 5.88 Å². The van der Waals surface area contributed by atoms with Gasteiger partial charge in [0.1, 0.15) is 5.82 Å². The number of hydrogen-bond acceptors (Lipinski definition) is 3. The van der Waals surface area contributed by atoms with Crippen LogP contribution >= 0.6 is 0 Å². The topological polar surface area (TPSA) is 42.4 Å². The minimum Gasteiger partial charge on any atom is -0.504 e. The van der Waals surface area contributed by atoms with Crippen LogP contribution in [0.25, 0.3) is 22.0 Å². The molecule has 5 heteroatoms. The van der Waals surface area contributed by atoms with E-state index in [4.69, 9.17) is 4.74 Å². The molecule has 1 heterocycles. The van der Waals surface area contributed by atoms with Crippen molar-refractivity contribution in [2.24, 2.45) is 0 Å². The van der Waals surface area contributed by atoms with Gasteiger partial charge in [-0.15, -0.1) is 0 Å². The number of rotatable bonds is 2. The van der Waals surface area contributed by atoms with Crippen LogP contribution in [0.3, 0.4) is 0 Å². The van der Waals surface area contributed by atoms with Gasteiger partial charge in [-0.3, -0.25) is 0 Å². The number of phenols is 1. The van der Waals surface area contributed by atoms with Gasteiger partial charge in [-0.1, -0.05) is 18.2 Å². The van der Waals surface area contributed by atoms with Crippen molar-refractivity contribution in [1.29, 1.82) is 0 Å². The van der Waals surface area contributed by atoms with Crippen molar-refractivity contribution in [3.8, 4) is 22.8 Å². The van der Waals surface area contributed by atoms with E-state index in [1.54, 1.807) is 12.1 Å². The Hall–Kier alpha value is -2.69. The standard InChI is InChI=1S/C16H11F2NO2/c1-21-16-12(6-9-4-2-3-5-14(9)19-16)11-7-10(17)8-13(18)15(11)20/h2-8,20H,1H3. The summed E-state index contributed by atoms with van der Waals surface area (Å²) in [6.07, 6.45) is 0. The van der Waals surface area contributed by atoms with Crippen molar-refractivity contribution >= 4 is 10.9 Å². The molecule has 106 valence electrons. The largest absolute Gasteiger partial charge is 0.504 e. The van der Waals surface area contributed by atoms with E-state index in [1.807, 2.05) is 18.2 Å². The van der Waals surface area contributed by atoms with Crippen molar-refractivity contribution in [2.75, 3.05) is 7.11 Å². The average molecular weight is 287 g/mol. The molecule has 2 aromatic carbocycles. The van der Waals surface area contributed by atoms with Gasteiger partial charge in [0, 0.05) is 22.6 Å².